The Balaban J connectivity index is 4.42. The van der Waals surface area contributed by atoms with E-state index in [4.69, 9.17) is 14.2 Å². The van der Waals surface area contributed by atoms with Crippen molar-refractivity contribution in [3.05, 3.63) is 72.9 Å². The van der Waals surface area contributed by atoms with Crippen LogP contribution in [0.4, 0.5) is 0 Å². The number of carbonyl (C=O) groups is 3. The molecular formula is C63H110O6. The van der Waals surface area contributed by atoms with Gasteiger partial charge in [0.25, 0.3) is 0 Å². The van der Waals surface area contributed by atoms with Gasteiger partial charge in [-0.1, -0.05) is 254 Å². The number of hydrogen-bond acceptors (Lipinski definition) is 6. The number of hydrogen-bond donors (Lipinski definition) is 0. The Kier molecular flexibility index (Phi) is 54.8. The fourth-order valence-corrected chi connectivity index (χ4v) is 8.31. The van der Waals surface area contributed by atoms with Gasteiger partial charge in [-0.25, -0.2) is 0 Å². The summed E-state index contributed by atoms with van der Waals surface area (Å²) in [5.74, 6) is -0.915. The molecule has 398 valence electrons. The van der Waals surface area contributed by atoms with Crippen LogP contribution in [0.25, 0.3) is 0 Å². The minimum Gasteiger partial charge on any atom is -0.462 e. The van der Waals surface area contributed by atoms with E-state index in [0.717, 1.165) is 103 Å². The first kappa shape index (κ1) is 65.8. The van der Waals surface area contributed by atoms with Crippen LogP contribution in [0.1, 0.15) is 290 Å². The highest BCUT2D eigenvalue weighted by Crippen LogP contribution is 2.15. The molecular weight excluding hydrogens is 853 g/mol. The molecule has 0 amide bonds. The third-order valence-electron chi connectivity index (χ3n) is 12.8. The summed E-state index contributed by atoms with van der Waals surface area (Å²) in [5.41, 5.74) is 0. The standard InChI is InChI=1S/C63H110O6/c1-4-7-10-13-16-19-22-25-28-30-32-35-38-41-44-47-50-53-56-62(65)68-59-60(58-67-61(64)55-52-49-46-43-40-37-34-27-24-21-18-15-12-9-6-3)69-63(66)57-54-51-48-45-42-39-36-33-31-29-26-23-20-17-14-11-8-5-2/h9,12,15,18,21,24,28,30,32-33,35-36,60H,4-8,10-11,13-14,16-17,19-20,22-23,25-27,29,31,34,37-59H2,1-3H3/b12-9-,18-15-,24-21-,30-28-,35-32-,36-33-. The molecule has 1 atom stereocenters. The molecule has 0 aliphatic rings. The molecule has 0 saturated heterocycles. The third kappa shape index (κ3) is 55.6. The van der Waals surface area contributed by atoms with Gasteiger partial charge in [0.05, 0.1) is 0 Å². The van der Waals surface area contributed by atoms with Crippen molar-refractivity contribution in [2.24, 2.45) is 0 Å². The first-order valence-corrected chi connectivity index (χ1v) is 29.5. The lowest BCUT2D eigenvalue weighted by Crippen LogP contribution is -2.30. The maximum Gasteiger partial charge on any atom is 0.306 e. The first-order valence-electron chi connectivity index (χ1n) is 29.5. The zero-order valence-corrected chi connectivity index (χ0v) is 45.6. The Bertz CT molecular complexity index is 1290. The number of ether oxygens (including phenoxy) is 3. The third-order valence-corrected chi connectivity index (χ3v) is 12.8. The van der Waals surface area contributed by atoms with Crippen LogP contribution in [0, 0.1) is 0 Å². The quantitative estimate of drug-likeness (QED) is 0.0199. The number of carbonyl (C=O) groups excluding carboxylic acids is 3. The largest absolute Gasteiger partial charge is 0.462 e. The van der Waals surface area contributed by atoms with Gasteiger partial charge in [-0.15, -0.1) is 0 Å². The Morgan fingerprint density at radius 1 is 0.304 bits per heavy atom. The van der Waals surface area contributed by atoms with Crippen LogP contribution < -0.4 is 0 Å². The second-order valence-electron chi connectivity index (χ2n) is 19.6. The summed E-state index contributed by atoms with van der Waals surface area (Å²) >= 11 is 0. The van der Waals surface area contributed by atoms with Gasteiger partial charge < -0.3 is 14.2 Å². The number of esters is 3. The summed E-state index contributed by atoms with van der Waals surface area (Å²) in [5, 5.41) is 0. The van der Waals surface area contributed by atoms with Crippen LogP contribution in [0.5, 0.6) is 0 Å². The Morgan fingerprint density at radius 3 is 0.928 bits per heavy atom. The van der Waals surface area contributed by atoms with Gasteiger partial charge in [0.2, 0.25) is 0 Å². The predicted molar refractivity (Wildman–Crippen MR) is 298 cm³/mol. The van der Waals surface area contributed by atoms with E-state index in [1.165, 1.54) is 148 Å². The van der Waals surface area contributed by atoms with Crippen molar-refractivity contribution in [2.45, 2.75) is 297 Å². The topological polar surface area (TPSA) is 78.9 Å². The number of rotatable bonds is 53. The molecule has 69 heavy (non-hydrogen) atoms. The first-order chi connectivity index (χ1) is 34.0. The summed E-state index contributed by atoms with van der Waals surface area (Å²) in [6.07, 6.45) is 73.2. The van der Waals surface area contributed by atoms with Gasteiger partial charge in [-0.05, 0) is 89.9 Å². The van der Waals surface area contributed by atoms with E-state index in [9.17, 15) is 14.4 Å². The second kappa shape index (κ2) is 57.4. The van der Waals surface area contributed by atoms with E-state index >= 15 is 0 Å². The van der Waals surface area contributed by atoms with Gasteiger partial charge in [0, 0.05) is 19.3 Å². The molecule has 6 heteroatoms. The van der Waals surface area contributed by atoms with Crippen LogP contribution in [-0.2, 0) is 28.6 Å². The molecule has 6 nitrogen and oxygen atoms in total. The van der Waals surface area contributed by atoms with E-state index in [0.29, 0.717) is 19.3 Å². The SMILES string of the molecule is CC\C=C/C=C\C=C/CCCCCCCCCC(=O)OCC(COC(=O)CCCCCCC/C=C\C=C/CCCCCCCCC)OC(=O)CCCCCCC/C=C\CCCCCCCCCCC. The molecule has 0 aliphatic carbocycles. The van der Waals surface area contributed by atoms with Gasteiger partial charge in [0.15, 0.2) is 6.10 Å². The van der Waals surface area contributed by atoms with E-state index < -0.39 is 6.10 Å². The summed E-state index contributed by atoms with van der Waals surface area (Å²) in [7, 11) is 0. The summed E-state index contributed by atoms with van der Waals surface area (Å²) in [6.45, 7) is 6.50. The molecule has 0 aromatic heterocycles. The molecule has 0 aromatic rings. The zero-order valence-electron chi connectivity index (χ0n) is 45.6. The van der Waals surface area contributed by atoms with Crippen molar-refractivity contribution in [1.29, 1.82) is 0 Å². The average molecular weight is 964 g/mol. The molecule has 0 aliphatic heterocycles. The lowest BCUT2D eigenvalue weighted by molar-refractivity contribution is -0.167. The van der Waals surface area contributed by atoms with Crippen molar-refractivity contribution < 1.29 is 28.6 Å². The normalized spacial score (nSPS) is 12.6. The van der Waals surface area contributed by atoms with Gasteiger partial charge in [-0.2, -0.15) is 0 Å². The highest BCUT2D eigenvalue weighted by molar-refractivity contribution is 5.71. The van der Waals surface area contributed by atoms with E-state index in [-0.39, 0.29) is 31.1 Å². The van der Waals surface area contributed by atoms with Crippen molar-refractivity contribution >= 4 is 17.9 Å². The second-order valence-corrected chi connectivity index (χ2v) is 19.6. The molecule has 0 N–H and O–H groups in total. The fourth-order valence-electron chi connectivity index (χ4n) is 8.31. The summed E-state index contributed by atoms with van der Waals surface area (Å²) < 4.78 is 16.9. The van der Waals surface area contributed by atoms with Crippen LogP contribution >= 0.6 is 0 Å². The lowest BCUT2D eigenvalue weighted by atomic mass is 10.1. The fraction of sp³-hybridized carbons (Fsp3) is 0.762. The van der Waals surface area contributed by atoms with Gasteiger partial charge in [-0.3, -0.25) is 14.4 Å². The maximum atomic E-state index is 12.9. The summed E-state index contributed by atoms with van der Waals surface area (Å²) in [6, 6.07) is 0. The smallest absolute Gasteiger partial charge is 0.306 e. The van der Waals surface area contributed by atoms with Crippen LogP contribution in [0.2, 0.25) is 0 Å². The minimum atomic E-state index is -0.792. The monoisotopic (exact) mass is 963 g/mol. The molecule has 1 unspecified atom stereocenters. The molecule has 0 heterocycles. The number of allylic oxidation sites excluding steroid dienone is 12. The Hall–Kier alpha value is -3.15. The maximum absolute atomic E-state index is 12.9. The van der Waals surface area contributed by atoms with E-state index in [2.05, 4.69) is 93.7 Å². The van der Waals surface area contributed by atoms with Crippen molar-refractivity contribution in [1.82, 2.24) is 0 Å². The van der Waals surface area contributed by atoms with E-state index in [1.54, 1.807) is 0 Å². The van der Waals surface area contributed by atoms with Crippen molar-refractivity contribution in [3.8, 4) is 0 Å². The molecule has 0 bridgehead atoms. The minimum absolute atomic E-state index is 0.0897. The van der Waals surface area contributed by atoms with Crippen molar-refractivity contribution in [3.63, 3.8) is 0 Å². The van der Waals surface area contributed by atoms with Crippen LogP contribution in [0.3, 0.4) is 0 Å². The number of unbranched alkanes of at least 4 members (excludes halogenated alkanes) is 33. The molecule has 0 aromatic carbocycles. The van der Waals surface area contributed by atoms with Crippen LogP contribution in [0.15, 0.2) is 72.9 Å². The van der Waals surface area contributed by atoms with Gasteiger partial charge >= 0.3 is 17.9 Å². The predicted octanol–water partition coefficient (Wildman–Crippen LogP) is 19.8. The average Bonchev–Trinajstić information content (AvgIpc) is 3.35. The highest BCUT2D eigenvalue weighted by atomic mass is 16.6. The summed E-state index contributed by atoms with van der Waals surface area (Å²) in [4.78, 5) is 38.2. The van der Waals surface area contributed by atoms with Crippen molar-refractivity contribution in [2.75, 3.05) is 13.2 Å². The van der Waals surface area contributed by atoms with E-state index in [1.807, 2.05) is 0 Å². The Morgan fingerprint density at radius 2 is 0.580 bits per heavy atom. The lowest BCUT2D eigenvalue weighted by Gasteiger charge is -2.18. The molecule has 0 saturated carbocycles. The molecule has 0 rings (SSSR count). The highest BCUT2D eigenvalue weighted by Gasteiger charge is 2.19. The van der Waals surface area contributed by atoms with Crippen LogP contribution in [-0.4, -0.2) is 37.2 Å². The Labute approximate surface area is 427 Å². The molecule has 0 fully saturated rings. The zero-order chi connectivity index (χ0) is 50.0. The molecule has 0 spiro atoms. The molecule has 0 radical (unpaired) electrons. The van der Waals surface area contributed by atoms with Gasteiger partial charge in [0.1, 0.15) is 13.2 Å².